The van der Waals surface area contributed by atoms with E-state index in [1.54, 1.807) is 87.5 Å². The number of alkyl carbamates (subject to hydrolysis) is 1. The van der Waals surface area contributed by atoms with Gasteiger partial charge in [0.1, 0.15) is 30.4 Å². The standard InChI is InChI=1S/C36H42N2O9/c1-35(2,3)47-34(44)38-36(22-21-30(39)40,23-26-13-7-4-8-14-26)33(43)37-29(32(42)46-25-28-17-11-6-12-18-28)19-20-31(41)45-24-27-15-9-5-10-16-27/h4-18,29H,19-25H2,1-3H3,(H,37,43)(H,38,44)(H,39,40). The largest absolute Gasteiger partial charge is 0.481 e. The molecule has 11 heteroatoms. The molecule has 0 aromatic heterocycles. The predicted octanol–water partition coefficient (Wildman–Crippen LogP) is 5.11. The van der Waals surface area contributed by atoms with Gasteiger partial charge in [0, 0.05) is 19.3 Å². The van der Waals surface area contributed by atoms with Crippen LogP contribution in [0.3, 0.4) is 0 Å². The van der Waals surface area contributed by atoms with Gasteiger partial charge in [-0.15, -0.1) is 0 Å². The zero-order valence-electron chi connectivity index (χ0n) is 26.9. The molecule has 47 heavy (non-hydrogen) atoms. The second-order valence-corrected chi connectivity index (χ2v) is 12.1. The number of nitrogens with one attached hydrogen (secondary N) is 2. The molecule has 0 aliphatic carbocycles. The average molecular weight is 647 g/mol. The van der Waals surface area contributed by atoms with E-state index >= 15 is 0 Å². The lowest BCUT2D eigenvalue weighted by Gasteiger charge is -2.35. The smallest absolute Gasteiger partial charge is 0.408 e. The molecular weight excluding hydrogens is 604 g/mol. The molecule has 0 aliphatic heterocycles. The second-order valence-electron chi connectivity index (χ2n) is 12.1. The highest BCUT2D eigenvalue weighted by Crippen LogP contribution is 2.23. The number of carboxylic acids is 1. The highest BCUT2D eigenvalue weighted by atomic mass is 16.6. The molecule has 2 unspecified atom stereocenters. The molecule has 250 valence electrons. The maximum Gasteiger partial charge on any atom is 0.408 e. The number of amides is 2. The Morgan fingerprint density at radius 2 is 1.23 bits per heavy atom. The van der Waals surface area contributed by atoms with Crippen LogP contribution in [0.2, 0.25) is 0 Å². The molecule has 0 aliphatic rings. The van der Waals surface area contributed by atoms with E-state index in [9.17, 15) is 29.1 Å². The van der Waals surface area contributed by atoms with E-state index in [1.807, 2.05) is 24.3 Å². The lowest BCUT2D eigenvalue weighted by atomic mass is 9.84. The number of ether oxygens (including phenoxy) is 3. The van der Waals surface area contributed by atoms with Crippen molar-refractivity contribution in [2.75, 3.05) is 0 Å². The first-order valence-electron chi connectivity index (χ1n) is 15.3. The summed E-state index contributed by atoms with van der Waals surface area (Å²) < 4.78 is 16.3. The van der Waals surface area contributed by atoms with Crippen molar-refractivity contribution in [3.8, 4) is 0 Å². The number of carbonyl (C=O) groups is 5. The van der Waals surface area contributed by atoms with Crippen LogP contribution in [0.4, 0.5) is 4.79 Å². The molecule has 11 nitrogen and oxygen atoms in total. The number of hydrogen-bond donors (Lipinski definition) is 3. The molecule has 0 saturated carbocycles. The van der Waals surface area contributed by atoms with Gasteiger partial charge < -0.3 is 30.0 Å². The molecule has 0 fully saturated rings. The van der Waals surface area contributed by atoms with Crippen molar-refractivity contribution in [1.29, 1.82) is 0 Å². The minimum absolute atomic E-state index is 0.0321. The average Bonchev–Trinajstić information content (AvgIpc) is 3.03. The number of esters is 2. The first-order valence-corrected chi connectivity index (χ1v) is 15.3. The summed E-state index contributed by atoms with van der Waals surface area (Å²) in [6.45, 7) is 4.90. The molecule has 0 radical (unpaired) electrons. The van der Waals surface area contributed by atoms with E-state index in [-0.39, 0.29) is 38.9 Å². The van der Waals surface area contributed by atoms with Gasteiger partial charge in [-0.05, 0) is 50.3 Å². The van der Waals surface area contributed by atoms with Crippen LogP contribution < -0.4 is 10.6 Å². The van der Waals surface area contributed by atoms with Crippen molar-refractivity contribution in [3.05, 3.63) is 108 Å². The Balaban J connectivity index is 1.88. The highest BCUT2D eigenvalue weighted by Gasteiger charge is 2.43. The molecule has 0 saturated heterocycles. The van der Waals surface area contributed by atoms with E-state index < -0.39 is 53.5 Å². The Hall–Kier alpha value is -5.19. The highest BCUT2D eigenvalue weighted by molar-refractivity contribution is 5.94. The molecule has 0 spiro atoms. The summed E-state index contributed by atoms with van der Waals surface area (Å²) in [5.41, 5.74) is -0.661. The van der Waals surface area contributed by atoms with E-state index in [4.69, 9.17) is 14.2 Å². The van der Waals surface area contributed by atoms with Crippen molar-refractivity contribution < 1.29 is 43.3 Å². The fraction of sp³-hybridized carbons (Fsp3) is 0.361. The predicted molar refractivity (Wildman–Crippen MR) is 173 cm³/mol. The van der Waals surface area contributed by atoms with Crippen molar-refractivity contribution in [2.45, 2.75) is 83.3 Å². The van der Waals surface area contributed by atoms with Gasteiger partial charge >= 0.3 is 24.0 Å². The summed E-state index contributed by atoms with van der Waals surface area (Å²) in [5, 5.41) is 14.8. The van der Waals surface area contributed by atoms with Crippen LogP contribution in [-0.2, 0) is 53.0 Å². The molecule has 0 bridgehead atoms. The van der Waals surface area contributed by atoms with Crippen LogP contribution in [0, 0.1) is 0 Å². The van der Waals surface area contributed by atoms with Gasteiger partial charge in [0.2, 0.25) is 5.91 Å². The summed E-state index contributed by atoms with van der Waals surface area (Å²) in [5.74, 6) is -3.45. The van der Waals surface area contributed by atoms with Gasteiger partial charge in [-0.25, -0.2) is 9.59 Å². The van der Waals surface area contributed by atoms with Gasteiger partial charge in [-0.2, -0.15) is 0 Å². The van der Waals surface area contributed by atoms with Crippen LogP contribution in [0.1, 0.15) is 63.1 Å². The molecule has 3 aromatic carbocycles. The quantitative estimate of drug-likeness (QED) is 0.142. The number of carboxylic acid groups (broad SMARTS) is 1. The van der Waals surface area contributed by atoms with E-state index in [1.165, 1.54) is 0 Å². The lowest BCUT2D eigenvalue weighted by Crippen LogP contribution is -2.63. The second kappa shape index (κ2) is 17.5. The van der Waals surface area contributed by atoms with Crippen molar-refractivity contribution in [3.63, 3.8) is 0 Å². The summed E-state index contributed by atoms with van der Waals surface area (Å²) in [6, 6.07) is 25.4. The molecule has 3 N–H and O–H groups in total. The van der Waals surface area contributed by atoms with Crippen LogP contribution in [0.15, 0.2) is 91.0 Å². The normalized spacial score (nSPS) is 12.9. The van der Waals surface area contributed by atoms with Gasteiger partial charge in [0.15, 0.2) is 0 Å². The molecular formula is C36H42N2O9. The summed E-state index contributed by atoms with van der Waals surface area (Å²) >= 11 is 0. The fourth-order valence-corrected chi connectivity index (χ4v) is 4.66. The Morgan fingerprint density at radius 1 is 0.723 bits per heavy atom. The minimum Gasteiger partial charge on any atom is -0.481 e. The van der Waals surface area contributed by atoms with Crippen molar-refractivity contribution in [2.24, 2.45) is 0 Å². The molecule has 3 aromatic rings. The molecule has 3 rings (SSSR count). The third kappa shape index (κ3) is 13.0. The summed E-state index contributed by atoms with van der Waals surface area (Å²) in [7, 11) is 0. The third-order valence-electron chi connectivity index (χ3n) is 6.98. The first-order chi connectivity index (χ1) is 22.3. The van der Waals surface area contributed by atoms with E-state index in [0.717, 1.165) is 5.56 Å². The SMILES string of the molecule is CC(C)(C)OC(=O)NC(CCC(=O)O)(Cc1ccccc1)C(=O)NC(CCC(=O)OCc1ccccc1)C(=O)OCc1ccccc1. The molecule has 0 heterocycles. The van der Waals surface area contributed by atoms with Crippen molar-refractivity contribution >= 4 is 29.9 Å². The lowest BCUT2D eigenvalue weighted by molar-refractivity contribution is -0.151. The Labute approximate surface area is 274 Å². The van der Waals surface area contributed by atoms with Gasteiger partial charge in [-0.3, -0.25) is 14.4 Å². The summed E-state index contributed by atoms with van der Waals surface area (Å²) in [4.78, 5) is 65.1. The van der Waals surface area contributed by atoms with Crippen LogP contribution in [-0.4, -0.2) is 52.2 Å². The Morgan fingerprint density at radius 3 is 1.74 bits per heavy atom. The first kappa shape index (κ1) is 36.3. The summed E-state index contributed by atoms with van der Waals surface area (Å²) in [6.07, 6.45) is -2.28. The number of hydrogen-bond acceptors (Lipinski definition) is 8. The van der Waals surface area contributed by atoms with Crippen LogP contribution >= 0.6 is 0 Å². The Kier molecular flexibility index (Phi) is 13.5. The third-order valence-corrected chi connectivity index (χ3v) is 6.98. The molecule has 2 amide bonds. The topological polar surface area (TPSA) is 157 Å². The van der Waals surface area contributed by atoms with Crippen molar-refractivity contribution in [1.82, 2.24) is 10.6 Å². The number of rotatable bonds is 16. The van der Waals surface area contributed by atoms with E-state index in [0.29, 0.717) is 11.1 Å². The number of carbonyl (C=O) groups excluding carboxylic acids is 4. The fourth-order valence-electron chi connectivity index (χ4n) is 4.66. The van der Waals surface area contributed by atoms with E-state index in [2.05, 4.69) is 10.6 Å². The van der Waals surface area contributed by atoms with Gasteiger partial charge in [0.05, 0.1) is 0 Å². The van der Waals surface area contributed by atoms with Crippen LogP contribution in [0.5, 0.6) is 0 Å². The van der Waals surface area contributed by atoms with Gasteiger partial charge in [-0.1, -0.05) is 91.0 Å². The minimum atomic E-state index is -1.85. The zero-order chi connectivity index (χ0) is 34.3. The van der Waals surface area contributed by atoms with Crippen LogP contribution in [0.25, 0.3) is 0 Å². The maximum atomic E-state index is 14.2. The number of benzene rings is 3. The molecule has 2 atom stereocenters. The number of aliphatic carboxylic acids is 1. The Bertz CT molecular complexity index is 1470. The maximum absolute atomic E-state index is 14.2. The van der Waals surface area contributed by atoms with Gasteiger partial charge in [0.25, 0.3) is 0 Å². The monoisotopic (exact) mass is 646 g/mol. The zero-order valence-corrected chi connectivity index (χ0v) is 26.9.